The third-order valence-corrected chi connectivity index (χ3v) is 7.47. The van der Waals surface area contributed by atoms with Gasteiger partial charge in [0, 0.05) is 42.8 Å². The number of piperidine rings is 1. The van der Waals surface area contributed by atoms with Crippen LogP contribution in [-0.2, 0) is 13.0 Å². The maximum atomic E-state index is 5.94. The van der Waals surface area contributed by atoms with E-state index in [0.29, 0.717) is 18.5 Å². The van der Waals surface area contributed by atoms with Crippen molar-refractivity contribution >= 4 is 29.0 Å². The maximum Gasteiger partial charge on any atom is 0.225 e. The van der Waals surface area contributed by atoms with Gasteiger partial charge in [0.1, 0.15) is 24.0 Å². The number of thiazole rings is 1. The maximum absolute atomic E-state index is 5.94. The number of rotatable bonds is 6. The van der Waals surface area contributed by atoms with E-state index >= 15 is 0 Å². The Labute approximate surface area is 184 Å². The van der Waals surface area contributed by atoms with Crippen molar-refractivity contribution in [3.05, 3.63) is 52.2 Å². The molecule has 0 spiro atoms. The second-order valence-electron chi connectivity index (χ2n) is 7.49. The monoisotopic (exact) mass is 440 g/mol. The van der Waals surface area contributed by atoms with Crippen molar-refractivity contribution in [1.82, 2.24) is 15.0 Å². The lowest BCUT2D eigenvalue weighted by molar-refractivity contribution is 0.298. The van der Waals surface area contributed by atoms with Crippen molar-refractivity contribution in [3.8, 4) is 11.5 Å². The minimum absolute atomic E-state index is 0.485. The third kappa shape index (κ3) is 4.25. The number of thioether (sulfide) groups is 1. The van der Waals surface area contributed by atoms with Crippen molar-refractivity contribution in [2.24, 2.45) is 0 Å². The zero-order chi connectivity index (χ0) is 20.3. The highest BCUT2D eigenvalue weighted by atomic mass is 32.2. The highest BCUT2D eigenvalue weighted by Crippen LogP contribution is 2.38. The van der Waals surface area contributed by atoms with Gasteiger partial charge in [0.15, 0.2) is 0 Å². The van der Waals surface area contributed by atoms with Crippen molar-refractivity contribution in [1.29, 1.82) is 0 Å². The summed E-state index contributed by atoms with van der Waals surface area (Å²) in [6, 6.07) is 6.02. The predicted octanol–water partition coefficient (Wildman–Crippen LogP) is 4.90. The Morgan fingerprint density at radius 1 is 1.20 bits per heavy atom. The average Bonchev–Trinajstić information content (AvgIpc) is 3.47. The Hall–Kier alpha value is -2.32. The number of anilines is 1. The Kier molecular flexibility index (Phi) is 5.77. The van der Waals surface area contributed by atoms with Gasteiger partial charge < -0.3 is 14.4 Å². The lowest BCUT2D eigenvalue weighted by Gasteiger charge is -2.31. The fourth-order valence-electron chi connectivity index (χ4n) is 3.72. The van der Waals surface area contributed by atoms with Gasteiger partial charge in [-0.1, -0.05) is 18.7 Å². The molecule has 2 aliphatic rings. The number of fused-ring (bicyclic) bond motifs is 1. The zero-order valence-corrected chi connectivity index (χ0v) is 18.5. The van der Waals surface area contributed by atoms with Gasteiger partial charge in [-0.2, -0.15) is 0 Å². The van der Waals surface area contributed by atoms with Gasteiger partial charge in [-0.15, -0.1) is 11.3 Å². The van der Waals surface area contributed by atoms with Crippen molar-refractivity contribution in [3.63, 3.8) is 0 Å². The van der Waals surface area contributed by atoms with E-state index in [1.807, 2.05) is 24.5 Å². The first-order chi connectivity index (χ1) is 14.8. The molecular weight excluding hydrogens is 416 g/mol. The molecular formula is C22H24N4O2S2. The van der Waals surface area contributed by atoms with E-state index in [1.165, 1.54) is 15.5 Å². The summed E-state index contributed by atoms with van der Waals surface area (Å²) >= 11 is 3.46. The van der Waals surface area contributed by atoms with Crippen molar-refractivity contribution in [2.75, 3.05) is 23.9 Å². The summed E-state index contributed by atoms with van der Waals surface area (Å²) in [6.07, 6.45) is 7.00. The molecule has 0 saturated carbocycles. The summed E-state index contributed by atoms with van der Waals surface area (Å²) in [5, 5.41) is 3.33. The summed E-state index contributed by atoms with van der Waals surface area (Å²) in [5.74, 6) is 3.77. The molecule has 6 nitrogen and oxygen atoms in total. The Balaban J connectivity index is 1.15. The molecule has 0 N–H and O–H groups in total. The van der Waals surface area contributed by atoms with Crippen LogP contribution in [0.2, 0.25) is 0 Å². The van der Waals surface area contributed by atoms with Gasteiger partial charge in [0.2, 0.25) is 5.95 Å². The molecule has 3 aromatic rings. The number of aromatic nitrogens is 3. The van der Waals surface area contributed by atoms with Crippen LogP contribution in [0.3, 0.4) is 0 Å². The van der Waals surface area contributed by atoms with Crippen molar-refractivity contribution < 1.29 is 9.47 Å². The molecule has 30 heavy (non-hydrogen) atoms. The number of aryl methyl sites for hydroxylation is 1. The van der Waals surface area contributed by atoms with Gasteiger partial charge in [0.05, 0.1) is 15.6 Å². The standard InChI is InChI=1S/C22H24N4O2S2/c1-2-15-10-23-22(24-11-15)26-7-5-16(6-8-26)21-25-17(13-29-21)12-27-18-3-4-20-19(9-18)28-14-30-20/h3-4,9-11,13,16H,2,5-8,12,14H2,1H3. The average molecular weight is 441 g/mol. The van der Waals surface area contributed by atoms with E-state index in [1.54, 1.807) is 23.1 Å². The second-order valence-corrected chi connectivity index (χ2v) is 9.34. The lowest BCUT2D eigenvalue weighted by atomic mass is 9.98. The number of hydrogen-bond donors (Lipinski definition) is 0. The van der Waals surface area contributed by atoms with E-state index in [4.69, 9.17) is 14.5 Å². The molecule has 1 aromatic carbocycles. The van der Waals surface area contributed by atoms with E-state index in [2.05, 4.69) is 33.2 Å². The molecule has 0 unspecified atom stereocenters. The van der Waals surface area contributed by atoms with E-state index in [9.17, 15) is 0 Å². The second kappa shape index (κ2) is 8.81. The van der Waals surface area contributed by atoms with Gasteiger partial charge in [-0.05, 0) is 37.0 Å². The first kappa shape index (κ1) is 19.6. The summed E-state index contributed by atoms with van der Waals surface area (Å²) in [6.45, 7) is 4.54. The highest BCUT2D eigenvalue weighted by molar-refractivity contribution is 7.99. The van der Waals surface area contributed by atoms with Crippen molar-refractivity contribution in [2.45, 2.75) is 43.6 Å². The van der Waals surface area contributed by atoms with Gasteiger partial charge >= 0.3 is 0 Å². The van der Waals surface area contributed by atoms with Crippen LogP contribution in [0.5, 0.6) is 11.5 Å². The van der Waals surface area contributed by atoms with Gasteiger partial charge in [0.25, 0.3) is 0 Å². The van der Waals surface area contributed by atoms with Crippen LogP contribution in [0.15, 0.2) is 40.9 Å². The quantitative estimate of drug-likeness (QED) is 0.540. The summed E-state index contributed by atoms with van der Waals surface area (Å²) in [7, 11) is 0. The minimum Gasteiger partial charge on any atom is -0.487 e. The number of benzene rings is 1. The molecule has 0 aliphatic carbocycles. The van der Waals surface area contributed by atoms with Crippen LogP contribution < -0.4 is 14.4 Å². The molecule has 156 valence electrons. The van der Waals surface area contributed by atoms with E-state index in [0.717, 1.165) is 55.5 Å². The summed E-state index contributed by atoms with van der Waals surface area (Å²) in [5.41, 5.74) is 2.17. The minimum atomic E-state index is 0.485. The fourth-order valence-corrected chi connectivity index (χ4v) is 5.43. The Morgan fingerprint density at radius 2 is 2.03 bits per heavy atom. The van der Waals surface area contributed by atoms with Crippen LogP contribution in [0.1, 0.15) is 41.9 Å². The molecule has 0 amide bonds. The molecule has 5 rings (SSSR count). The molecule has 8 heteroatoms. The molecule has 1 fully saturated rings. The molecule has 0 radical (unpaired) electrons. The smallest absolute Gasteiger partial charge is 0.225 e. The topological polar surface area (TPSA) is 60.4 Å². The van der Waals surface area contributed by atoms with Crippen LogP contribution in [0, 0.1) is 0 Å². The van der Waals surface area contributed by atoms with Crippen LogP contribution in [0.4, 0.5) is 5.95 Å². The Bertz CT molecular complexity index is 1000. The largest absolute Gasteiger partial charge is 0.487 e. The number of ether oxygens (including phenoxy) is 2. The van der Waals surface area contributed by atoms with Crippen LogP contribution in [-0.4, -0.2) is 34.0 Å². The molecule has 0 bridgehead atoms. The lowest BCUT2D eigenvalue weighted by Crippen LogP contribution is -2.34. The normalized spacial score (nSPS) is 16.4. The fraction of sp³-hybridized carbons (Fsp3) is 0.409. The van der Waals surface area contributed by atoms with E-state index in [-0.39, 0.29) is 0 Å². The number of nitrogens with zero attached hydrogens (tertiary/aromatic N) is 4. The highest BCUT2D eigenvalue weighted by Gasteiger charge is 2.24. The molecule has 2 aromatic heterocycles. The molecule has 4 heterocycles. The first-order valence-electron chi connectivity index (χ1n) is 10.3. The number of hydrogen-bond acceptors (Lipinski definition) is 8. The predicted molar refractivity (Wildman–Crippen MR) is 120 cm³/mol. The third-order valence-electron chi connectivity index (χ3n) is 5.53. The molecule has 1 saturated heterocycles. The molecule has 2 aliphatic heterocycles. The Morgan fingerprint density at radius 3 is 2.83 bits per heavy atom. The first-order valence-corrected chi connectivity index (χ1v) is 12.2. The zero-order valence-electron chi connectivity index (χ0n) is 16.9. The SMILES string of the molecule is CCc1cnc(N2CCC(c3nc(COc4ccc5c(c4)OCS5)cs3)CC2)nc1. The van der Waals surface area contributed by atoms with Crippen LogP contribution >= 0.6 is 23.1 Å². The molecule has 0 atom stereocenters. The van der Waals surface area contributed by atoms with E-state index < -0.39 is 0 Å². The van der Waals surface area contributed by atoms with Crippen LogP contribution in [0.25, 0.3) is 0 Å². The summed E-state index contributed by atoms with van der Waals surface area (Å²) in [4.78, 5) is 17.4. The summed E-state index contributed by atoms with van der Waals surface area (Å²) < 4.78 is 11.5. The van der Waals surface area contributed by atoms with Gasteiger partial charge in [-0.25, -0.2) is 15.0 Å². The van der Waals surface area contributed by atoms with Gasteiger partial charge in [-0.3, -0.25) is 0 Å².